The Bertz CT molecular complexity index is 900. The van der Waals surface area contributed by atoms with E-state index in [1.807, 2.05) is 64.1 Å². The number of sulfonamides is 1. The number of carbonyl (C=O) groups is 1. The smallest absolute Gasteiger partial charge is 0.232 e. The number of aryl methyl sites for hydroxylation is 4. The minimum Gasteiger partial charge on any atom is -0.326 e. The lowest BCUT2D eigenvalue weighted by Crippen LogP contribution is -2.33. The Balaban J connectivity index is 2.15. The molecule has 0 bridgehead atoms. The molecule has 2 rings (SSSR count). The number of amides is 1. The molecule has 0 saturated carbocycles. The van der Waals surface area contributed by atoms with Crippen LogP contribution < -0.4 is 9.62 Å². The average molecular weight is 375 g/mol. The van der Waals surface area contributed by atoms with Crippen molar-refractivity contribution in [1.29, 1.82) is 0 Å². The molecule has 0 aliphatic rings. The van der Waals surface area contributed by atoms with E-state index in [9.17, 15) is 13.2 Å². The van der Waals surface area contributed by atoms with Gasteiger partial charge in [0.2, 0.25) is 15.9 Å². The average Bonchev–Trinajstić information content (AvgIpc) is 2.49. The summed E-state index contributed by atoms with van der Waals surface area (Å²) >= 11 is 0. The van der Waals surface area contributed by atoms with E-state index in [1.165, 1.54) is 4.31 Å². The summed E-state index contributed by atoms with van der Waals surface area (Å²) in [4.78, 5) is 12.3. The molecule has 0 aliphatic carbocycles. The van der Waals surface area contributed by atoms with E-state index in [1.54, 1.807) is 0 Å². The Morgan fingerprint density at radius 1 is 0.962 bits per heavy atom. The predicted octanol–water partition coefficient (Wildman–Crippen LogP) is 3.72. The van der Waals surface area contributed by atoms with Crippen LogP contribution in [0.5, 0.6) is 0 Å². The predicted molar refractivity (Wildman–Crippen MR) is 107 cm³/mol. The van der Waals surface area contributed by atoms with Crippen molar-refractivity contribution in [1.82, 2.24) is 0 Å². The van der Waals surface area contributed by atoms with Crippen LogP contribution in [-0.4, -0.2) is 27.1 Å². The van der Waals surface area contributed by atoms with Gasteiger partial charge in [-0.3, -0.25) is 9.10 Å². The van der Waals surface area contributed by atoms with Crippen molar-refractivity contribution in [2.45, 2.75) is 34.1 Å². The highest BCUT2D eigenvalue weighted by atomic mass is 32.2. The maximum Gasteiger partial charge on any atom is 0.232 e. The molecule has 0 unspecified atom stereocenters. The molecule has 0 aliphatic heterocycles. The van der Waals surface area contributed by atoms with Gasteiger partial charge in [-0.15, -0.1) is 0 Å². The molecule has 0 saturated heterocycles. The van der Waals surface area contributed by atoms with E-state index in [0.717, 1.165) is 34.2 Å². The topological polar surface area (TPSA) is 66.5 Å². The van der Waals surface area contributed by atoms with E-state index in [0.29, 0.717) is 5.69 Å². The first kappa shape index (κ1) is 20.0. The fourth-order valence-electron chi connectivity index (χ4n) is 2.87. The largest absolute Gasteiger partial charge is 0.326 e. The molecule has 2 aromatic rings. The zero-order valence-electron chi connectivity index (χ0n) is 16.0. The van der Waals surface area contributed by atoms with Crippen LogP contribution in [0.2, 0.25) is 0 Å². The molecule has 0 fully saturated rings. The summed E-state index contributed by atoms with van der Waals surface area (Å²) in [6.07, 6.45) is 1.24. The first-order chi connectivity index (χ1) is 12.1. The second-order valence-corrected chi connectivity index (χ2v) is 8.70. The van der Waals surface area contributed by atoms with Crippen molar-refractivity contribution in [3.63, 3.8) is 0 Å². The fraction of sp³-hybridized carbons (Fsp3) is 0.350. The second-order valence-electron chi connectivity index (χ2n) is 6.80. The van der Waals surface area contributed by atoms with Crippen LogP contribution in [0.4, 0.5) is 11.4 Å². The zero-order valence-corrected chi connectivity index (χ0v) is 16.8. The van der Waals surface area contributed by atoms with Gasteiger partial charge in [0.05, 0.1) is 11.9 Å². The lowest BCUT2D eigenvalue weighted by molar-refractivity contribution is -0.116. The summed E-state index contributed by atoms with van der Waals surface area (Å²) in [6, 6.07) is 11.5. The standard InChI is InChI=1S/C20H26N2O3S/c1-14-6-7-17(4)19(13-14)21-20(23)8-9-22(26(5,24)25)18-11-15(2)10-16(3)12-18/h6-7,10-13H,8-9H2,1-5H3,(H,21,23). The van der Waals surface area contributed by atoms with E-state index in [-0.39, 0.29) is 18.9 Å². The highest BCUT2D eigenvalue weighted by molar-refractivity contribution is 7.92. The quantitative estimate of drug-likeness (QED) is 0.838. The molecular formula is C20H26N2O3S. The Labute approximate surface area is 156 Å². The molecule has 0 heterocycles. The van der Waals surface area contributed by atoms with Crippen LogP contribution in [0.15, 0.2) is 36.4 Å². The lowest BCUT2D eigenvalue weighted by atomic mass is 10.1. The van der Waals surface area contributed by atoms with Crippen molar-refractivity contribution >= 4 is 27.3 Å². The van der Waals surface area contributed by atoms with Gasteiger partial charge in [-0.2, -0.15) is 0 Å². The Morgan fingerprint density at radius 3 is 2.15 bits per heavy atom. The number of benzene rings is 2. The minimum absolute atomic E-state index is 0.0768. The molecule has 2 aromatic carbocycles. The normalized spacial score (nSPS) is 11.3. The van der Waals surface area contributed by atoms with Gasteiger partial charge in [0, 0.05) is 18.7 Å². The van der Waals surface area contributed by atoms with Crippen molar-refractivity contribution in [3.05, 3.63) is 58.7 Å². The van der Waals surface area contributed by atoms with Crippen LogP contribution in [0.25, 0.3) is 0 Å². The number of hydrogen-bond acceptors (Lipinski definition) is 3. The molecule has 0 atom stereocenters. The fourth-order valence-corrected chi connectivity index (χ4v) is 3.78. The van der Waals surface area contributed by atoms with Crippen LogP contribution in [-0.2, 0) is 14.8 Å². The van der Waals surface area contributed by atoms with Gasteiger partial charge < -0.3 is 5.32 Å². The number of hydrogen-bond donors (Lipinski definition) is 1. The van der Waals surface area contributed by atoms with Gasteiger partial charge in [0.25, 0.3) is 0 Å². The van der Waals surface area contributed by atoms with Gasteiger partial charge in [-0.25, -0.2) is 8.42 Å². The van der Waals surface area contributed by atoms with Gasteiger partial charge >= 0.3 is 0 Å². The second kappa shape index (κ2) is 7.91. The molecule has 0 radical (unpaired) electrons. The Hall–Kier alpha value is -2.34. The van der Waals surface area contributed by atoms with Crippen molar-refractivity contribution in [2.24, 2.45) is 0 Å². The zero-order chi connectivity index (χ0) is 19.5. The van der Waals surface area contributed by atoms with Gasteiger partial charge in [-0.05, 0) is 68.1 Å². The third-order valence-corrected chi connectivity index (χ3v) is 5.30. The third-order valence-electron chi connectivity index (χ3n) is 4.10. The Kier molecular flexibility index (Phi) is 6.08. The molecule has 140 valence electrons. The first-order valence-electron chi connectivity index (χ1n) is 8.49. The third kappa shape index (κ3) is 5.33. The number of nitrogens with one attached hydrogen (secondary N) is 1. The number of nitrogens with zero attached hydrogens (tertiary/aromatic N) is 1. The highest BCUT2D eigenvalue weighted by Gasteiger charge is 2.19. The summed E-state index contributed by atoms with van der Waals surface area (Å²) in [5.74, 6) is -0.211. The molecule has 26 heavy (non-hydrogen) atoms. The lowest BCUT2D eigenvalue weighted by Gasteiger charge is -2.23. The first-order valence-corrected chi connectivity index (χ1v) is 10.3. The summed E-state index contributed by atoms with van der Waals surface area (Å²) in [5, 5.41) is 2.87. The van der Waals surface area contributed by atoms with E-state index in [4.69, 9.17) is 0 Å². The highest BCUT2D eigenvalue weighted by Crippen LogP contribution is 2.22. The molecule has 5 nitrogen and oxygen atoms in total. The van der Waals surface area contributed by atoms with Crippen LogP contribution in [0.1, 0.15) is 28.7 Å². The van der Waals surface area contributed by atoms with Crippen LogP contribution in [0.3, 0.4) is 0 Å². The summed E-state index contributed by atoms with van der Waals surface area (Å²) in [5.41, 5.74) is 5.33. The van der Waals surface area contributed by atoms with Gasteiger partial charge in [0.15, 0.2) is 0 Å². The number of rotatable bonds is 6. The van der Waals surface area contributed by atoms with E-state index < -0.39 is 10.0 Å². The maximum atomic E-state index is 12.3. The summed E-state index contributed by atoms with van der Waals surface area (Å²) in [6.45, 7) is 7.82. The number of carbonyl (C=O) groups excluding carboxylic acids is 1. The molecular weight excluding hydrogens is 348 g/mol. The molecule has 0 spiro atoms. The van der Waals surface area contributed by atoms with Crippen LogP contribution in [0, 0.1) is 27.7 Å². The van der Waals surface area contributed by atoms with Crippen molar-refractivity contribution < 1.29 is 13.2 Å². The van der Waals surface area contributed by atoms with Gasteiger partial charge in [-0.1, -0.05) is 18.2 Å². The molecule has 6 heteroatoms. The maximum absolute atomic E-state index is 12.3. The molecule has 0 aromatic heterocycles. The van der Waals surface area contributed by atoms with Crippen LogP contribution >= 0.6 is 0 Å². The molecule has 1 amide bonds. The van der Waals surface area contributed by atoms with Crippen molar-refractivity contribution in [2.75, 3.05) is 22.4 Å². The summed E-state index contributed by atoms with van der Waals surface area (Å²) < 4.78 is 25.7. The summed E-state index contributed by atoms with van der Waals surface area (Å²) in [7, 11) is -3.48. The van der Waals surface area contributed by atoms with E-state index in [2.05, 4.69) is 5.32 Å². The minimum atomic E-state index is -3.48. The SMILES string of the molecule is Cc1cc(C)cc(N(CCC(=O)Nc2cc(C)ccc2C)S(C)(=O)=O)c1. The van der Waals surface area contributed by atoms with E-state index >= 15 is 0 Å². The van der Waals surface area contributed by atoms with Crippen molar-refractivity contribution in [3.8, 4) is 0 Å². The Morgan fingerprint density at radius 2 is 1.58 bits per heavy atom. The molecule has 1 N–H and O–H groups in total. The monoisotopic (exact) mass is 374 g/mol. The van der Waals surface area contributed by atoms with Gasteiger partial charge in [0.1, 0.15) is 0 Å². The number of anilines is 2.